The summed E-state index contributed by atoms with van der Waals surface area (Å²) in [6, 6.07) is 0. The number of rotatable bonds is 4. The predicted molar refractivity (Wildman–Crippen MR) is 42.3 cm³/mol. The van der Waals surface area contributed by atoms with Gasteiger partial charge in [-0.2, -0.15) is 0 Å². The largest absolute Gasteiger partial charge is 0.512 e. The number of carbonyl (C=O) groups excluding carboxylic acids is 1. The van der Waals surface area contributed by atoms with Crippen molar-refractivity contribution in [2.24, 2.45) is 0 Å². The maximum atomic E-state index is 10.4. The number of aliphatic hydroxyl groups excluding tert-OH is 2. The van der Waals surface area contributed by atoms with Crippen molar-refractivity contribution in [1.82, 2.24) is 0 Å². The lowest BCUT2D eigenvalue weighted by atomic mass is 10.1. The molecule has 0 aromatic heterocycles. The highest BCUT2D eigenvalue weighted by molar-refractivity contribution is 5.87. The highest BCUT2D eigenvalue weighted by Gasteiger charge is 2.03. The van der Waals surface area contributed by atoms with Crippen LogP contribution in [-0.4, -0.2) is 22.1 Å². The van der Waals surface area contributed by atoms with Gasteiger partial charge in [0.1, 0.15) is 0 Å². The highest BCUT2D eigenvalue weighted by Crippen LogP contribution is 2.04. The van der Waals surface area contributed by atoms with Crippen molar-refractivity contribution in [3.8, 4) is 0 Å². The molecule has 0 aliphatic heterocycles. The average Bonchev–Trinajstić information content (AvgIpc) is 1.85. The van der Waals surface area contributed by atoms with Crippen LogP contribution in [-0.2, 0) is 4.79 Å². The topological polar surface area (TPSA) is 57.5 Å². The summed E-state index contributed by atoms with van der Waals surface area (Å²) in [6.45, 7) is 3.17. The first-order chi connectivity index (χ1) is 5.06. The van der Waals surface area contributed by atoms with E-state index < -0.39 is 6.10 Å². The van der Waals surface area contributed by atoms with Crippen LogP contribution in [0.3, 0.4) is 0 Å². The highest BCUT2D eigenvalue weighted by atomic mass is 16.3. The smallest absolute Gasteiger partial charge is 0.155 e. The van der Waals surface area contributed by atoms with E-state index in [1.54, 1.807) is 0 Å². The van der Waals surface area contributed by atoms with E-state index in [0.717, 1.165) is 6.08 Å². The van der Waals surface area contributed by atoms with E-state index in [1.807, 2.05) is 6.92 Å². The van der Waals surface area contributed by atoms with Crippen molar-refractivity contribution in [2.45, 2.75) is 32.8 Å². The van der Waals surface area contributed by atoms with E-state index in [2.05, 4.69) is 0 Å². The number of hydrogen-bond donors (Lipinski definition) is 2. The van der Waals surface area contributed by atoms with Gasteiger partial charge >= 0.3 is 0 Å². The Hall–Kier alpha value is -0.830. The van der Waals surface area contributed by atoms with Crippen LogP contribution in [0.15, 0.2) is 11.8 Å². The Morgan fingerprint density at radius 1 is 1.64 bits per heavy atom. The van der Waals surface area contributed by atoms with Crippen molar-refractivity contribution in [3.05, 3.63) is 11.8 Å². The summed E-state index contributed by atoms with van der Waals surface area (Å²) in [5, 5.41) is 18.0. The molecule has 0 radical (unpaired) electrons. The second-order valence-corrected chi connectivity index (χ2v) is 2.51. The van der Waals surface area contributed by atoms with Gasteiger partial charge in [0, 0.05) is 12.5 Å². The predicted octanol–water partition coefficient (Wildman–Crippen LogP) is 1.18. The van der Waals surface area contributed by atoms with Gasteiger partial charge in [0.2, 0.25) is 0 Å². The Morgan fingerprint density at radius 3 is 2.55 bits per heavy atom. The number of carbonyl (C=O) groups is 1. The normalized spacial score (nSPS) is 14.6. The molecule has 2 N–H and O–H groups in total. The molecule has 3 nitrogen and oxygen atoms in total. The monoisotopic (exact) mass is 158 g/mol. The first kappa shape index (κ1) is 10.2. The van der Waals surface area contributed by atoms with Crippen molar-refractivity contribution < 1.29 is 15.0 Å². The second kappa shape index (κ2) is 4.91. The Kier molecular flexibility index (Phi) is 4.54. The number of hydrogen-bond acceptors (Lipinski definition) is 3. The number of aliphatic hydroxyl groups is 2. The Labute approximate surface area is 66.4 Å². The Balaban J connectivity index is 3.85. The molecule has 0 amide bonds. The Bertz CT molecular complexity index is 161. The maximum Gasteiger partial charge on any atom is 0.155 e. The van der Waals surface area contributed by atoms with E-state index in [4.69, 9.17) is 10.2 Å². The van der Waals surface area contributed by atoms with Crippen molar-refractivity contribution in [3.63, 3.8) is 0 Å². The molecule has 0 aliphatic carbocycles. The van der Waals surface area contributed by atoms with Gasteiger partial charge in [-0.1, -0.05) is 6.92 Å². The molecule has 0 aliphatic rings. The van der Waals surface area contributed by atoms with Crippen LogP contribution in [0.25, 0.3) is 0 Å². The van der Waals surface area contributed by atoms with Gasteiger partial charge in [0.15, 0.2) is 5.78 Å². The van der Waals surface area contributed by atoms with E-state index in [1.165, 1.54) is 6.92 Å². The summed E-state index contributed by atoms with van der Waals surface area (Å²) in [6.07, 6.45) is 1.32. The third kappa shape index (κ3) is 5.61. The third-order valence-corrected chi connectivity index (χ3v) is 1.29. The summed E-state index contributed by atoms with van der Waals surface area (Å²) >= 11 is 0. The van der Waals surface area contributed by atoms with E-state index in [9.17, 15) is 4.79 Å². The van der Waals surface area contributed by atoms with Gasteiger partial charge < -0.3 is 10.2 Å². The van der Waals surface area contributed by atoms with Crippen LogP contribution in [0, 0.1) is 0 Å². The van der Waals surface area contributed by atoms with Crippen LogP contribution in [0.5, 0.6) is 0 Å². The second-order valence-electron chi connectivity index (χ2n) is 2.51. The Morgan fingerprint density at radius 2 is 2.18 bits per heavy atom. The lowest BCUT2D eigenvalue weighted by molar-refractivity contribution is -0.112. The first-order valence-corrected chi connectivity index (χ1v) is 3.64. The lowest BCUT2D eigenvalue weighted by Gasteiger charge is -2.04. The summed E-state index contributed by atoms with van der Waals surface area (Å²) in [5.74, 6) is -0.252. The molecule has 0 saturated heterocycles. The molecule has 3 heteroatoms. The minimum absolute atomic E-state index is 0.0492. The van der Waals surface area contributed by atoms with Gasteiger partial charge in [-0.15, -0.1) is 0 Å². The molecular formula is C8H14O3. The lowest BCUT2D eigenvalue weighted by Crippen LogP contribution is -2.06. The van der Waals surface area contributed by atoms with Crippen molar-refractivity contribution in [1.29, 1.82) is 0 Å². The zero-order valence-electron chi connectivity index (χ0n) is 6.87. The van der Waals surface area contributed by atoms with Gasteiger partial charge in [0.25, 0.3) is 0 Å². The fraction of sp³-hybridized carbons (Fsp3) is 0.625. The van der Waals surface area contributed by atoms with Gasteiger partial charge in [-0.25, -0.2) is 0 Å². The zero-order chi connectivity index (χ0) is 8.85. The van der Waals surface area contributed by atoms with Gasteiger partial charge in [-0.05, 0) is 13.3 Å². The molecule has 0 fully saturated rings. The minimum Gasteiger partial charge on any atom is -0.512 e. The minimum atomic E-state index is -0.550. The maximum absolute atomic E-state index is 10.4. The molecule has 0 heterocycles. The SMILES string of the molecule is CC[C@@H](O)C/C(O)=C/C(C)=O. The fourth-order valence-electron chi connectivity index (χ4n) is 0.679. The molecule has 0 aromatic carbocycles. The fourth-order valence-corrected chi connectivity index (χ4v) is 0.679. The molecule has 64 valence electrons. The molecule has 1 atom stereocenters. The summed E-state index contributed by atoms with van der Waals surface area (Å²) in [4.78, 5) is 10.4. The average molecular weight is 158 g/mol. The van der Waals surface area contributed by atoms with Crippen molar-refractivity contribution in [2.75, 3.05) is 0 Å². The molecular weight excluding hydrogens is 144 g/mol. The number of allylic oxidation sites excluding steroid dienone is 1. The molecule has 0 aromatic rings. The van der Waals surface area contributed by atoms with E-state index >= 15 is 0 Å². The summed E-state index contributed by atoms with van der Waals surface area (Å²) in [5.41, 5.74) is 0. The number of ketones is 1. The van der Waals surface area contributed by atoms with E-state index in [0.29, 0.717) is 6.42 Å². The molecule has 0 bridgehead atoms. The van der Waals surface area contributed by atoms with Gasteiger partial charge in [0.05, 0.1) is 11.9 Å². The quantitative estimate of drug-likeness (QED) is 0.477. The zero-order valence-corrected chi connectivity index (χ0v) is 6.87. The molecule has 0 saturated carbocycles. The molecule has 0 unspecified atom stereocenters. The summed E-state index contributed by atoms with van der Waals surface area (Å²) in [7, 11) is 0. The van der Waals surface area contributed by atoms with Crippen LogP contribution < -0.4 is 0 Å². The van der Waals surface area contributed by atoms with Crippen LogP contribution >= 0.6 is 0 Å². The standard InChI is InChI=1S/C8H14O3/c1-3-7(10)5-8(11)4-6(2)9/h4,7,10-11H,3,5H2,1-2H3/b8-4-/t7-/m1/s1. The van der Waals surface area contributed by atoms with Crippen LogP contribution in [0.4, 0.5) is 0 Å². The summed E-state index contributed by atoms with van der Waals surface area (Å²) < 4.78 is 0. The first-order valence-electron chi connectivity index (χ1n) is 3.64. The third-order valence-electron chi connectivity index (χ3n) is 1.29. The molecule has 0 spiro atoms. The van der Waals surface area contributed by atoms with Gasteiger partial charge in [-0.3, -0.25) is 4.79 Å². The van der Waals surface area contributed by atoms with E-state index in [-0.39, 0.29) is 18.0 Å². The van der Waals surface area contributed by atoms with Crippen LogP contribution in [0.2, 0.25) is 0 Å². The van der Waals surface area contributed by atoms with Crippen molar-refractivity contribution >= 4 is 5.78 Å². The molecule has 0 rings (SSSR count). The molecule has 11 heavy (non-hydrogen) atoms. The van der Waals surface area contributed by atoms with Crippen LogP contribution in [0.1, 0.15) is 26.7 Å².